The number of aryl methyl sites for hydroxylation is 2. The van der Waals surface area contributed by atoms with Crippen molar-refractivity contribution >= 4 is 17.5 Å². The van der Waals surface area contributed by atoms with E-state index in [4.69, 9.17) is 9.26 Å². The molecule has 2 N–H and O–H groups in total. The fourth-order valence-electron chi connectivity index (χ4n) is 2.41. The quantitative estimate of drug-likeness (QED) is 0.865. The van der Waals surface area contributed by atoms with Crippen LogP contribution in [0.15, 0.2) is 16.7 Å². The third-order valence-corrected chi connectivity index (χ3v) is 3.47. The lowest BCUT2D eigenvalue weighted by molar-refractivity contribution is 0.0853. The largest absolute Gasteiger partial charge is 0.376 e. The van der Waals surface area contributed by atoms with E-state index < -0.39 is 0 Å². The van der Waals surface area contributed by atoms with Crippen molar-refractivity contribution in [1.82, 2.24) is 20.4 Å². The normalized spacial score (nSPS) is 17.2. The van der Waals surface area contributed by atoms with Gasteiger partial charge >= 0.3 is 0 Å². The van der Waals surface area contributed by atoms with Crippen molar-refractivity contribution in [1.29, 1.82) is 0 Å². The first-order chi connectivity index (χ1) is 11.1. The topological polar surface area (TPSA) is 102 Å². The highest BCUT2D eigenvalue weighted by molar-refractivity contribution is 5.93. The van der Waals surface area contributed by atoms with Gasteiger partial charge in [-0.3, -0.25) is 4.79 Å². The number of ether oxygens (including phenoxy) is 1. The fourth-order valence-corrected chi connectivity index (χ4v) is 2.41. The summed E-state index contributed by atoms with van der Waals surface area (Å²) in [5.41, 5.74) is 0.304. The van der Waals surface area contributed by atoms with Gasteiger partial charge < -0.3 is 19.9 Å². The molecule has 3 heterocycles. The maximum atomic E-state index is 12.2. The molecular formula is C15H19N5O3. The number of nitrogens with zero attached hydrogens (tertiary/aromatic N) is 3. The minimum atomic E-state index is -0.245. The molecule has 2 aromatic heterocycles. The van der Waals surface area contributed by atoms with Gasteiger partial charge in [0.05, 0.1) is 6.10 Å². The molecule has 8 heteroatoms. The molecule has 1 amide bonds. The van der Waals surface area contributed by atoms with Gasteiger partial charge in [-0.25, -0.2) is 9.97 Å². The molecular weight excluding hydrogens is 298 g/mol. The first kappa shape index (κ1) is 15.4. The number of aromatic nitrogens is 3. The van der Waals surface area contributed by atoms with E-state index in [1.54, 1.807) is 26.0 Å². The van der Waals surface area contributed by atoms with E-state index in [0.29, 0.717) is 35.5 Å². The van der Waals surface area contributed by atoms with Crippen LogP contribution >= 0.6 is 0 Å². The van der Waals surface area contributed by atoms with Crippen molar-refractivity contribution in [2.45, 2.75) is 32.8 Å². The Labute approximate surface area is 133 Å². The van der Waals surface area contributed by atoms with Crippen LogP contribution in [0.3, 0.4) is 0 Å². The Morgan fingerprint density at radius 2 is 2.17 bits per heavy atom. The van der Waals surface area contributed by atoms with Crippen molar-refractivity contribution < 1.29 is 14.1 Å². The highest BCUT2D eigenvalue weighted by Crippen LogP contribution is 2.15. The molecule has 8 nitrogen and oxygen atoms in total. The highest BCUT2D eigenvalue weighted by atomic mass is 16.5. The summed E-state index contributed by atoms with van der Waals surface area (Å²) in [4.78, 5) is 20.7. The summed E-state index contributed by atoms with van der Waals surface area (Å²) < 4.78 is 10.5. The summed E-state index contributed by atoms with van der Waals surface area (Å²) in [6.45, 7) is 4.79. The third-order valence-electron chi connectivity index (χ3n) is 3.47. The van der Waals surface area contributed by atoms with Gasteiger partial charge in [0, 0.05) is 25.3 Å². The third kappa shape index (κ3) is 4.04. The van der Waals surface area contributed by atoms with E-state index >= 15 is 0 Å². The van der Waals surface area contributed by atoms with Crippen LogP contribution in [0.25, 0.3) is 0 Å². The van der Waals surface area contributed by atoms with Crippen LogP contribution in [-0.4, -0.2) is 40.3 Å². The van der Waals surface area contributed by atoms with Gasteiger partial charge in [0.1, 0.15) is 23.1 Å². The van der Waals surface area contributed by atoms with Crippen molar-refractivity contribution in [2.75, 3.05) is 18.5 Å². The minimum Gasteiger partial charge on any atom is -0.376 e. The lowest BCUT2D eigenvalue weighted by atomic mass is 10.2. The molecule has 0 aromatic carbocycles. The molecule has 3 rings (SSSR count). The molecule has 0 spiro atoms. The predicted octanol–water partition coefficient (Wildman–Crippen LogP) is 1.73. The molecule has 2 aromatic rings. The fraction of sp³-hybridized carbons (Fsp3) is 0.467. The number of anilines is 2. The van der Waals surface area contributed by atoms with Gasteiger partial charge in [-0.15, -0.1) is 0 Å². The van der Waals surface area contributed by atoms with Crippen molar-refractivity contribution in [3.05, 3.63) is 29.4 Å². The van der Waals surface area contributed by atoms with Gasteiger partial charge in [0.2, 0.25) is 0 Å². The van der Waals surface area contributed by atoms with E-state index in [9.17, 15) is 4.79 Å². The average Bonchev–Trinajstić information content (AvgIpc) is 3.16. The molecule has 1 unspecified atom stereocenters. The van der Waals surface area contributed by atoms with Gasteiger partial charge in [-0.2, -0.15) is 0 Å². The molecule has 1 atom stereocenters. The molecule has 1 fully saturated rings. The van der Waals surface area contributed by atoms with Gasteiger partial charge in [0.25, 0.3) is 5.91 Å². The Balaban J connectivity index is 1.67. The highest BCUT2D eigenvalue weighted by Gasteiger charge is 2.18. The number of hydrogen-bond acceptors (Lipinski definition) is 7. The molecule has 0 radical (unpaired) electrons. The summed E-state index contributed by atoms with van der Waals surface area (Å²) in [5, 5.41) is 9.68. The molecule has 0 bridgehead atoms. The second-order valence-electron chi connectivity index (χ2n) is 5.48. The maximum Gasteiger partial charge on any atom is 0.270 e. The monoisotopic (exact) mass is 317 g/mol. The molecule has 0 saturated carbocycles. The number of hydrogen-bond donors (Lipinski definition) is 2. The van der Waals surface area contributed by atoms with E-state index in [-0.39, 0.29) is 12.0 Å². The molecule has 1 saturated heterocycles. The minimum absolute atomic E-state index is 0.0950. The van der Waals surface area contributed by atoms with E-state index in [0.717, 1.165) is 19.4 Å². The average molecular weight is 317 g/mol. The van der Waals surface area contributed by atoms with E-state index in [2.05, 4.69) is 25.8 Å². The summed E-state index contributed by atoms with van der Waals surface area (Å²) >= 11 is 0. The Morgan fingerprint density at radius 1 is 1.30 bits per heavy atom. The Kier molecular flexibility index (Phi) is 4.52. The number of nitrogens with one attached hydrogen (secondary N) is 2. The SMILES string of the molecule is Cc1nc(Nc2cc(C)on2)cc(C(=O)NCC2CCCO2)n1. The van der Waals surface area contributed by atoms with Crippen LogP contribution in [0, 0.1) is 13.8 Å². The van der Waals surface area contributed by atoms with Crippen LogP contribution in [0.5, 0.6) is 0 Å². The lowest BCUT2D eigenvalue weighted by Gasteiger charge is -2.11. The van der Waals surface area contributed by atoms with Crippen LogP contribution in [0.1, 0.15) is 34.9 Å². The Morgan fingerprint density at radius 3 is 2.87 bits per heavy atom. The second-order valence-corrected chi connectivity index (χ2v) is 5.48. The summed E-state index contributed by atoms with van der Waals surface area (Å²) in [6.07, 6.45) is 2.11. The zero-order valence-electron chi connectivity index (χ0n) is 13.1. The van der Waals surface area contributed by atoms with Crippen LogP contribution in [-0.2, 0) is 4.74 Å². The molecule has 122 valence electrons. The van der Waals surface area contributed by atoms with Gasteiger partial charge in [-0.1, -0.05) is 5.16 Å². The van der Waals surface area contributed by atoms with Crippen molar-refractivity contribution in [2.24, 2.45) is 0 Å². The van der Waals surface area contributed by atoms with Gasteiger partial charge in [-0.05, 0) is 26.7 Å². The zero-order valence-corrected chi connectivity index (χ0v) is 13.1. The number of carbonyl (C=O) groups excluding carboxylic acids is 1. The Hall–Kier alpha value is -2.48. The van der Waals surface area contributed by atoms with E-state index in [1.807, 2.05) is 0 Å². The van der Waals surface area contributed by atoms with Gasteiger partial charge in [0.15, 0.2) is 5.82 Å². The molecule has 1 aliphatic rings. The lowest BCUT2D eigenvalue weighted by Crippen LogP contribution is -2.32. The molecule has 23 heavy (non-hydrogen) atoms. The standard InChI is InChI=1S/C15H19N5O3/c1-9-6-14(20-23-9)19-13-7-12(17-10(2)18-13)15(21)16-8-11-4-3-5-22-11/h6-7,11H,3-5,8H2,1-2H3,(H,16,21)(H,17,18,19,20). The smallest absolute Gasteiger partial charge is 0.270 e. The van der Waals surface area contributed by atoms with Crippen LogP contribution < -0.4 is 10.6 Å². The van der Waals surface area contributed by atoms with Crippen LogP contribution in [0.4, 0.5) is 11.6 Å². The van der Waals surface area contributed by atoms with Crippen molar-refractivity contribution in [3.63, 3.8) is 0 Å². The maximum absolute atomic E-state index is 12.2. The second kappa shape index (κ2) is 6.74. The number of rotatable bonds is 5. The Bertz CT molecular complexity index is 694. The molecule has 1 aliphatic heterocycles. The summed E-state index contributed by atoms with van der Waals surface area (Å²) in [6, 6.07) is 3.33. The zero-order chi connectivity index (χ0) is 16.2. The number of amides is 1. The van der Waals surface area contributed by atoms with Crippen molar-refractivity contribution in [3.8, 4) is 0 Å². The summed E-state index contributed by atoms with van der Waals surface area (Å²) in [7, 11) is 0. The predicted molar refractivity (Wildman–Crippen MR) is 82.6 cm³/mol. The summed E-state index contributed by atoms with van der Waals surface area (Å²) in [5.74, 6) is 1.97. The number of carbonyl (C=O) groups is 1. The first-order valence-electron chi connectivity index (χ1n) is 7.56. The molecule has 0 aliphatic carbocycles. The first-order valence-corrected chi connectivity index (χ1v) is 7.56. The van der Waals surface area contributed by atoms with Crippen LogP contribution in [0.2, 0.25) is 0 Å². The van der Waals surface area contributed by atoms with E-state index in [1.165, 1.54) is 0 Å².